The quantitative estimate of drug-likeness (QED) is 0.358. The molecule has 2 aromatic heterocycles. The Hall–Kier alpha value is -3.89. The Morgan fingerprint density at radius 2 is 1.97 bits per heavy atom. The SMILES string of the molecule is CCOc1ccc(-n2c(O)c(/C=N/c3sc4c(c3C#N)CCC(C)C4)c3ccccc3c2=O)cc1. The van der Waals surface area contributed by atoms with Gasteiger partial charge in [-0.15, -0.1) is 11.3 Å². The number of nitriles is 1. The zero-order valence-electron chi connectivity index (χ0n) is 19.6. The Kier molecular flexibility index (Phi) is 6.14. The van der Waals surface area contributed by atoms with Crippen LogP contribution in [0.2, 0.25) is 0 Å². The van der Waals surface area contributed by atoms with Gasteiger partial charge in [-0.05, 0) is 68.0 Å². The van der Waals surface area contributed by atoms with Gasteiger partial charge in [-0.2, -0.15) is 5.26 Å². The summed E-state index contributed by atoms with van der Waals surface area (Å²) < 4.78 is 6.79. The van der Waals surface area contributed by atoms with E-state index in [2.05, 4.69) is 18.0 Å². The van der Waals surface area contributed by atoms with Gasteiger partial charge < -0.3 is 9.84 Å². The minimum absolute atomic E-state index is 0.199. The van der Waals surface area contributed by atoms with E-state index in [1.165, 1.54) is 9.44 Å². The van der Waals surface area contributed by atoms with E-state index < -0.39 is 0 Å². The highest BCUT2D eigenvalue weighted by Gasteiger charge is 2.24. The van der Waals surface area contributed by atoms with Crippen LogP contribution >= 0.6 is 11.3 Å². The lowest BCUT2D eigenvalue weighted by Crippen LogP contribution is -2.20. The summed E-state index contributed by atoms with van der Waals surface area (Å²) in [7, 11) is 0. The summed E-state index contributed by atoms with van der Waals surface area (Å²) in [5.41, 5.74) is 2.36. The Bertz CT molecular complexity index is 1540. The minimum atomic E-state index is -0.322. The first kappa shape index (κ1) is 22.9. The monoisotopic (exact) mass is 483 g/mol. The highest BCUT2D eigenvalue weighted by atomic mass is 32.1. The van der Waals surface area contributed by atoms with Crippen LogP contribution in [-0.2, 0) is 12.8 Å². The highest BCUT2D eigenvalue weighted by molar-refractivity contribution is 7.16. The fourth-order valence-electron chi connectivity index (χ4n) is 4.65. The van der Waals surface area contributed by atoms with Crippen LogP contribution in [0.1, 0.15) is 41.8 Å². The zero-order chi connectivity index (χ0) is 24.5. The van der Waals surface area contributed by atoms with Crippen molar-refractivity contribution in [3.05, 3.63) is 80.5 Å². The summed E-state index contributed by atoms with van der Waals surface area (Å²) in [6.45, 7) is 4.67. The zero-order valence-corrected chi connectivity index (χ0v) is 20.4. The van der Waals surface area contributed by atoms with Crippen molar-refractivity contribution in [2.75, 3.05) is 6.61 Å². The predicted octanol–water partition coefficient (Wildman–Crippen LogP) is 5.90. The molecule has 0 bridgehead atoms. The second-order valence-electron chi connectivity index (χ2n) is 8.75. The van der Waals surface area contributed by atoms with Gasteiger partial charge in [-0.1, -0.05) is 25.1 Å². The maximum absolute atomic E-state index is 13.3. The number of rotatable bonds is 5. The molecule has 1 aliphatic rings. The Morgan fingerprint density at radius 3 is 2.69 bits per heavy atom. The molecular weight excluding hydrogens is 458 g/mol. The molecule has 1 N–H and O–H groups in total. The standard InChI is InChI=1S/C28H25N3O3S/c1-3-34-19-11-9-18(10-12-19)31-27(32)22-7-5-4-6-20(22)24(28(31)33)16-30-26-23(15-29)21-13-8-17(2)14-25(21)35-26/h4-7,9-12,16-17,33H,3,8,13-14H2,1-2H3/b30-16+. The van der Waals surface area contributed by atoms with Crippen molar-refractivity contribution in [2.24, 2.45) is 10.9 Å². The first-order chi connectivity index (χ1) is 17.0. The summed E-state index contributed by atoms with van der Waals surface area (Å²) in [5, 5.41) is 22.8. The molecule has 0 aliphatic heterocycles. The number of aromatic nitrogens is 1. The number of aliphatic imine (C=N–C) groups is 1. The number of thiophene rings is 1. The molecular formula is C28H25N3O3S. The van der Waals surface area contributed by atoms with Crippen LogP contribution in [0.25, 0.3) is 16.5 Å². The molecule has 35 heavy (non-hydrogen) atoms. The number of benzene rings is 2. The fourth-order valence-corrected chi connectivity index (χ4v) is 5.96. The van der Waals surface area contributed by atoms with Crippen LogP contribution in [0.15, 0.2) is 58.3 Å². The topological polar surface area (TPSA) is 87.6 Å². The largest absolute Gasteiger partial charge is 0.494 e. The van der Waals surface area contributed by atoms with Gasteiger partial charge in [-0.25, -0.2) is 9.56 Å². The summed E-state index contributed by atoms with van der Waals surface area (Å²) in [6.07, 6.45) is 4.49. The van der Waals surface area contributed by atoms with Crippen molar-refractivity contribution in [2.45, 2.75) is 33.1 Å². The lowest BCUT2D eigenvalue weighted by Gasteiger charge is -2.17. The molecule has 0 amide bonds. The average Bonchev–Trinajstić information content (AvgIpc) is 3.21. The third-order valence-electron chi connectivity index (χ3n) is 6.43. The summed E-state index contributed by atoms with van der Waals surface area (Å²) >= 11 is 1.55. The number of hydrogen-bond donors (Lipinski definition) is 1. The third kappa shape index (κ3) is 4.11. The first-order valence-electron chi connectivity index (χ1n) is 11.7. The molecule has 1 atom stereocenters. The van der Waals surface area contributed by atoms with E-state index in [0.29, 0.717) is 50.9 Å². The lowest BCUT2D eigenvalue weighted by atomic mass is 9.89. The van der Waals surface area contributed by atoms with Gasteiger partial charge in [0.2, 0.25) is 5.88 Å². The van der Waals surface area contributed by atoms with Gasteiger partial charge in [-0.3, -0.25) is 4.79 Å². The van der Waals surface area contributed by atoms with Crippen LogP contribution in [0, 0.1) is 17.2 Å². The first-order valence-corrected chi connectivity index (χ1v) is 12.5. The molecule has 1 aliphatic carbocycles. The summed E-state index contributed by atoms with van der Waals surface area (Å²) in [4.78, 5) is 19.2. The molecule has 0 saturated carbocycles. The smallest absolute Gasteiger partial charge is 0.265 e. The van der Waals surface area contributed by atoms with Crippen LogP contribution in [0.4, 0.5) is 5.00 Å². The second-order valence-corrected chi connectivity index (χ2v) is 9.84. The lowest BCUT2D eigenvalue weighted by molar-refractivity contribution is 0.340. The molecule has 5 rings (SSSR count). The number of hydrogen-bond acceptors (Lipinski definition) is 6. The molecule has 0 saturated heterocycles. The molecule has 0 radical (unpaired) electrons. The highest BCUT2D eigenvalue weighted by Crippen LogP contribution is 2.41. The van der Waals surface area contributed by atoms with Gasteiger partial charge in [0.25, 0.3) is 5.56 Å². The van der Waals surface area contributed by atoms with Crippen molar-refractivity contribution in [3.63, 3.8) is 0 Å². The fraction of sp³-hybridized carbons (Fsp3) is 0.250. The second kappa shape index (κ2) is 9.40. The number of pyridine rings is 1. The van der Waals surface area contributed by atoms with E-state index in [-0.39, 0.29) is 11.4 Å². The van der Waals surface area contributed by atoms with E-state index in [4.69, 9.17) is 4.74 Å². The van der Waals surface area contributed by atoms with Crippen molar-refractivity contribution >= 4 is 33.3 Å². The minimum Gasteiger partial charge on any atom is -0.494 e. The van der Waals surface area contributed by atoms with Gasteiger partial charge >= 0.3 is 0 Å². The predicted molar refractivity (Wildman–Crippen MR) is 140 cm³/mol. The van der Waals surface area contributed by atoms with Crippen molar-refractivity contribution in [1.29, 1.82) is 5.26 Å². The van der Waals surface area contributed by atoms with Gasteiger partial charge in [0.1, 0.15) is 16.8 Å². The summed E-state index contributed by atoms with van der Waals surface area (Å²) in [5.74, 6) is 1.08. The molecule has 0 fully saturated rings. The van der Waals surface area contributed by atoms with Crippen LogP contribution in [0.3, 0.4) is 0 Å². The number of ether oxygens (including phenoxy) is 1. The van der Waals surface area contributed by atoms with E-state index in [1.807, 2.05) is 13.0 Å². The van der Waals surface area contributed by atoms with Gasteiger partial charge in [0.15, 0.2) is 0 Å². The van der Waals surface area contributed by atoms with Crippen molar-refractivity contribution in [3.8, 4) is 23.4 Å². The van der Waals surface area contributed by atoms with Gasteiger partial charge in [0, 0.05) is 21.9 Å². The van der Waals surface area contributed by atoms with Crippen molar-refractivity contribution < 1.29 is 9.84 Å². The Balaban J connectivity index is 1.66. The molecule has 0 spiro atoms. The third-order valence-corrected chi connectivity index (χ3v) is 7.59. The molecule has 7 heteroatoms. The van der Waals surface area contributed by atoms with E-state index in [1.54, 1.807) is 60.0 Å². The molecule has 6 nitrogen and oxygen atoms in total. The molecule has 2 aromatic carbocycles. The molecule has 4 aromatic rings. The normalized spacial score (nSPS) is 15.3. The molecule has 2 heterocycles. The maximum Gasteiger partial charge on any atom is 0.265 e. The van der Waals surface area contributed by atoms with E-state index in [9.17, 15) is 15.2 Å². The van der Waals surface area contributed by atoms with Gasteiger partial charge in [0.05, 0.1) is 23.4 Å². The number of fused-ring (bicyclic) bond motifs is 2. The number of aromatic hydroxyl groups is 1. The van der Waals surface area contributed by atoms with E-state index in [0.717, 1.165) is 24.8 Å². The van der Waals surface area contributed by atoms with E-state index >= 15 is 0 Å². The number of nitrogens with zero attached hydrogens (tertiary/aromatic N) is 3. The van der Waals surface area contributed by atoms with Crippen LogP contribution < -0.4 is 10.3 Å². The maximum atomic E-state index is 13.3. The molecule has 176 valence electrons. The summed E-state index contributed by atoms with van der Waals surface area (Å²) in [6, 6.07) is 16.5. The van der Waals surface area contributed by atoms with Crippen LogP contribution in [0.5, 0.6) is 11.6 Å². The Labute approximate surface area is 207 Å². The van der Waals surface area contributed by atoms with Crippen LogP contribution in [-0.4, -0.2) is 22.5 Å². The van der Waals surface area contributed by atoms with Crippen molar-refractivity contribution in [1.82, 2.24) is 4.57 Å². The average molecular weight is 484 g/mol. The Morgan fingerprint density at radius 1 is 1.23 bits per heavy atom. The molecule has 1 unspecified atom stereocenters.